The van der Waals surface area contributed by atoms with Crippen molar-refractivity contribution in [3.63, 3.8) is 0 Å². The van der Waals surface area contributed by atoms with Gasteiger partial charge in [-0.05, 0) is 17.7 Å². The highest BCUT2D eigenvalue weighted by molar-refractivity contribution is 7.89. The van der Waals surface area contributed by atoms with E-state index < -0.39 is 38.7 Å². The molecule has 2 aromatic rings. The van der Waals surface area contributed by atoms with Crippen LogP contribution in [0, 0.1) is 11.6 Å². The first kappa shape index (κ1) is 16.9. The number of phenols is 1. The van der Waals surface area contributed by atoms with Crippen LogP contribution in [0.15, 0.2) is 36.4 Å². The molecule has 0 radical (unpaired) electrons. The molecule has 2 rings (SSSR count). The lowest BCUT2D eigenvalue weighted by atomic mass is 10.1. The van der Waals surface area contributed by atoms with Gasteiger partial charge in [-0.3, -0.25) is 4.79 Å². The highest BCUT2D eigenvalue weighted by atomic mass is 32.2. The SMILES string of the molecule is CS(=O)(=O)Cc1ccc(NC(=O)c2c(O)cc(F)cc2F)cc1. The Morgan fingerprint density at radius 3 is 2.30 bits per heavy atom. The lowest BCUT2D eigenvalue weighted by Gasteiger charge is -2.09. The Hall–Kier alpha value is -2.48. The largest absolute Gasteiger partial charge is 0.507 e. The second-order valence-corrected chi connectivity index (χ2v) is 7.14. The van der Waals surface area contributed by atoms with Crippen molar-refractivity contribution >= 4 is 21.4 Å². The summed E-state index contributed by atoms with van der Waals surface area (Å²) < 4.78 is 48.8. The fourth-order valence-corrected chi connectivity index (χ4v) is 2.76. The van der Waals surface area contributed by atoms with E-state index in [4.69, 9.17) is 0 Å². The van der Waals surface area contributed by atoms with Crippen LogP contribution in [0.3, 0.4) is 0 Å². The summed E-state index contributed by atoms with van der Waals surface area (Å²) in [4.78, 5) is 12.0. The van der Waals surface area contributed by atoms with E-state index >= 15 is 0 Å². The van der Waals surface area contributed by atoms with Crippen LogP contribution in [-0.2, 0) is 15.6 Å². The van der Waals surface area contributed by atoms with E-state index in [2.05, 4.69) is 5.32 Å². The highest BCUT2D eigenvalue weighted by Crippen LogP contribution is 2.23. The summed E-state index contributed by atoms with van der Waals surface area (Å²) in [6, 6.07) is 7.00. The predicted molar refractivity (Wildman–Crippen MR) is 81.0 cm³/mol. The molecule has 0 saturated heterocycles. The molecule has 0 saturated carbocycles. The zero-order chi connectivity index (χ0) is 17.2. The molecule has 1 amide bonds. The standard InChI is InChI=1S/C15H13F2NO4S/c1-23(21,22)8-9-2-4-11(5-3-9)18-15(20)14-12(17)6-10(16)7-13(14)19/h2-7,19H,8H2,1H3,(H,18,20). The first-order valence-electron chi connectivity index (χ1n) is 6.42. The molecule has 0 spiro atoms. The highest BCUT2D eigenvalue weighted by Gasteiger charge is 2.18. The average Bonchev–Trinajstić information content (AvgIpc) is 2.38. The number of halogens is 2. The van der Waals surface area contributed by atoms with Crippen LogP contribution in [0.5, 0.6) is 5.75 Å². The van der Waals surface area contributed by atoms with Gasteiger partial charge in [0, 0.05) is 24.1 Å². The van der Waals surface area contributed by atoms with E-state index in [1.54, 1.807) is 0 Å². The fourth-order valence-electron chi connectivity index (χ4n) is 1.97. The summed E-state index contributed by atoms with van der Waals surface area (Å²) in [6.07, 6.45) is 1.10. The number of carbonyl (C=O) groups is 1. The third-order valence-electron chi connectivity index (χ3n) is 2.90. The van der Waals surface area contributed by atoms with Crippen LogP contribution >= 0.6 is 0 Å². The number of phenolic OH excluding ortho intramolecular Hbond substituents is 1. The minimum absolute atomic E-state index is 0.144. The number of amides is 1. The minimum atomic E-state index is -3.18. The molecular formula is C15H13F2NO4S. The monoisotopic (exact) mass is 341 g/mol. The summed E-state index contributed by atoms with van der Waals surface area (Å²) >= 11 is 0. The van der Waals surface area contributed by atoms with E-state index in [9.17, 15) is 27.1 Å². The van der Waals surface area contributed by atoms with Crippen molar-refractivity contribution in [3.8, 4) is 5.75 Å². The van der Waals surface area contributed by atoms with Gasteiger partial charge in [-0.2, -0.15) is 0 Å². The van der Waals surface area contributed by atoms with E-state index in [-0.39, 0.29) is 11.4 Å². The van der Waals surface area contributed by atoms with E-state index in [0.717, 1.165) is 6.26 Å². The zero-order valence-corrected chi connectivity index (χ0v) is 12.8. The van der Waals surface area contributed by atoms with Crippen molar-refractivity contribution in [1.82, 2.24) is 0 Å². The van der Waals surface area contributed by atoms with Crippen molar-refractivity contribution in [2.45, 2.75) is 5.75 Å². The number of aromatic hydroxyl groups is 1. The molecule has 5 nitrogen and oxygen atoms in total. The summed E-state index contributed by atoms with van der Waals surface area (Å²) in [6.45, 7) is 0. The topological polar surface area (TPSA) is 83.5 Å². The van der Waals surface area contributed by atoms with Gasteiger partial charge in [0.2, 0.25) is 0 Å². The third-order valence-corrected chi connectivity index (χ3v) is 3.76. The van der Waals surface area contributed by atoms with Gasteiger partial charge in [0.25, 0.3) is 5.91 Å². The second-order valence-electron chi connectivity index (χ2n) is 5.00. The van der Waals surface area contributed by atoms with E-state index in [0.29, 0.717) is 17.7 Å². The molecular weight excluding hydrogens is 328 g/mol. The summed E-state index contributed by atoms with van der Waals surface area (Å²) in [5.74, 6) is -4.09. The second kappa shape index (κ2) is 6.33. The van der Waals surface area contributed by atoms with Crippen molar-refractivity contribution in [2.24, 2.45) is 0 Å². The molecule has 0 aliphatic carbocycles. The number of hydrogen-bond acceptors (Lipinski definition) is 4. The van der Waals surface area contributed by atoms with Crippen molar-refractivity contribution in [2.75, 3.05) is 11.6 Å². The van der Waals surface area contributed by atoms with Crippen LogP contribution in [0.25, 0.3) is 0 Å². The Labute approximate surface area is 131 Å². The molecule has 0 heterocycles. The summed E-state index contributed by atoms with van der Waals surface area (Å²) in [5.41, 5.74) is 0.128. The number of carbonyl (C=O) groups excluding carboxylic acids is 1. The van der Waals surface area contributed by atoms with Gasteiger partial charge in [0.05, 0.1) is 5.75 Å². The van der Waals surface area contributed by atoms with E-state index in [1.165, 1.54) is 24.3 Å². The summed E-state index contributed by atoms with van der Waals surface area (Å²) in [7, 11) is -3.18. The number of benzene rings is 2. The molecule has 0 fully saturated rings. The van der Waals surface area contributed by atoms with Crippen LogP contribution < -0.4 is 5.32 Å². The normalized spacial score (nSPS) is 11.3. The Balaban J connectivity index is 2.18. The maximum absolute atomic E-state index is 13.6. The minimum Gasteiger partial charge on any atom is -0.507 e. The van der Waals surface area contributed by atoms with Crippen LogP contribution in [0.1, 0.15) is 15.9 Å². The molecule has 2 N–H and O–H groups in total. The van der Waals surface area contributed by atoms with Gasteiger partial charge in [-0.15, -0.1) is 0 Å². The quantitative estimate of drug-likeness (QED) is 0.895. The maximum Gasteiger partial charge on any atom is 0.262 e. The Bertz CT molecular complexity index is 825. The van der Waals surface area contributed by atoms with E-state index in [1.807, 2.05) is 0 Å². The lowest BCUT2D eigenvalue weighted by Crippen LogP contribution is -2.14. The molecule has 8 heteroatoms. The average molecular weight is 341 g/mol. The molecule has 0 atom stereocenters. The van der Waals surface area contributed by atoms with Crippen LogP contribution in [-0.4, -0.2) is 25.7 Å². The Kier molecular flexibility index (Phi) is 4.65. The fraction of sp³-hybridized carbons (Fsp3) is 0.133. The lowest BCUT2D eigenvalue weighted by molar-refractivity contribution is 0.102. The van der Waals surface area contributed by atoms with Gasteiger partial charge in [0.1, 0.15) is 22.9 Å². The Morgan fingerprint density at radius 1 is 1.17 bits per heavy atom. The van der Waals surface area contributed by atoms with Gasteiger partial charge in [-0.1, -0.05) is 12.1 Å². The molecule has 23 heavy (non-hydrogen) atoms. The van der Waals surface area contributed by atoms with Gasteiger partial charge < -0.3 is 10.4 Å². The Morgan fingerprint density at radius 2 is 1.78 bits per heavy atom. The van der Waals surface area contributed by atoms with Gasteiger partial charge >= 0.3 is 0 Å². The molecule has 0 aromatic heterocycles. The van der Waals surface area contributed by atoms with Gasteiger partial charge in [0.15, 0.2) is 9.84 Å². The summed E-state index contributed by atoms with van der Waals surface area (Å²) in [5, 5.41) is 11.8. The molecule has 122 valence electrons. The molecule has 2 aromatic carbocycles. The molecule has 0 aliphatic rings. The number of anilines is 1. The first-order valence-corrected chi connectivity index (χ1v) is 8.48. The first-order chi connectivity index (χ1) is 10.7. The molecule has 0 aliphatic heterocycles. The predicted octanol–water partition coefficient (Wildman–Crippen LogP) is 2.47. The molecule has 0 bridgehead atoms. The number of nitrogens with one attached hydrogen (secondary N) is 1. The zero-order valence-electron chi connectivity index (χ0n) is 12.0. The molecule has 0 unspecified atom stereocenters. The third kappa shape index (κ3) is 4.49. The maximum atomic E-state index is 13.6. The van der Waals surface area contributed by atoms with Gasteiger partial charge in [-0.25, -0.2) is 17.2 Å². The van der Waals surface area contributed by atoms with Crippen LogP contribution in [0.2, 0.25) is 0 Å². The number of hydrogen-bond donors (Lipinski definition) is 2. The number of sulfone groups is 1. The van der Waals surface area contributed by atoms with Crippen molar-refractivity contribution < 1.29 is 27.1 Å². The van der Waals surface area contributed by atoms with Crippen molar-refractivity contribution in [3.05, 3.63) is 59.2 Å². The van der Waals surface area contributed by atoms with Crippen LogP contribution in [0.4, 0.5) is 14.5 Å². The van der Waals surface area contributed by atoms with Crippen molar-refractivity contribution in [1.29, 1.82) is 0 Å². The number of rotatable bonds is 4. The smallest absolute Gasteiger partial charge is 0.262 e.